The van der Waals surface area contributed by atoms with Gasteiger partial charge in [-0.2, -0.15) is 5.26 Å². The number of Topliss-reactive ketones (excluding diaryl/α,β-unsaturated/α-hetero) is 1. The van der Waals surface area contributed by atoms with Crippen molar-refractivity contribution in [2.75, 3.05) is 14.2 Å². The van der Waals surface area contributed by atoms with E-state index in [-0.39, 0.29) is 5.78 Å². The molecule has 2 atom stereocenters. The van der Waals surface area contributed by atoms with E-state index in [0.717, 1.165) is 18.4 Å². The van der Waals surface area contributed by atoms with Gasteiger partial charge in [-0.3, -0.25) is 14.4 Å². The molecule has 0 aromatic heterocycles. The molecule has 6 nitrogen and oxygen atoms in total. The minimum absolute atomic E-state index is 0.0496. The lowest BCUT2D eigenvalue weighted by molar-refractivity contribution is -0.162. The molecule has 0 amide bonds. The number of nitrogens with zero attached hydrogens (tertiary/aromatic N) is 1. The average molecular weight is 369 g/mol. The maximum absolute atomic E-state index is 12.5. The van der Waals surface area contributed by atoms with Crippen molar-refractivity contribution in [2.45, 2.75) is 25.7 Å². The Morgan fingerprint density at radius 3 is 2.30 bits per heavy atom. The van der Waals surface area contributed by atoms with Gasteiger partial charge in [0.2, 0.25) is 0 Å². The molecule has 0 spiro atoms. The van der Waals surface area contributed by atoms with Gasteiger partial charge in [-0.05, 0) is 30.5 Å². The van der Waals surface area contributed by atoms with E-state index >= 15 is 0 Å². The van der Waals surface area contributed by atoms with E-state index in [1.54, 1.807) is 36.4 Å². The van der Waals surface area contributed by atoms with Crippen LogP contribution < -0.4 is 0 Å². The second-order valence-electron chi connectivity index (χ2n) is 6.51. The standard InChI is InChI=1S/C21H23NO5/c1-26-20(24)19(21(25)27-2)17(16-5-3-4-6-18(16)23)12-11-14-7-9-15(13-22)10-8-14/h7-12,16-17,19H,3-6H2,1-2H3/b12-11+/t16-,17-/m0/s1. The highest BCUT2D eigenvalue weighted by Gasteiger charge is 2.42. The van der Waals surface area contributed by atoms with Gasteiger partial charge in [-0.25, -0.2) is 0 Å². The Morgan fingerprint density at radius 1 is 1.15 bits per heavy atom. The minimum atomic E-state index is -1.19. The number of ketones is 1. The maximum atomic E-state index is 12.5. The highest BCUT2D eigenvalue weighted by molar-refractivity contribution is 5.96. The van der Waals surface area contributed by atoms with Crippen molar-refractivity contribution in [3.8, 4) is 6.07 Å². The Labute approximate surface area is 158 Å². The molecule has 1 aliphatic rings. The van der Waals surface area contributed by atoms with Crippen LogP contribution in [0.1, 0.15) is 36.8 Å². The molecule has 0 N–H and O–H groups in total. The molecule has 1 aliphatic carbocycles. The highest BCUT2D eigenvalue weighted by atomic mass is 16.5. The quantitative estimate of drug-likeness (QED) is 0.565. The fourth-order valence-corrected chi connectivity index (χ4v) is 3.45. The molecular formula is C21H23NO5. The molecule has 0 heterocycles. The third kappa shape index (κ3) is 5.04. The van der Waals surface area contributed by atoms with Crippen molar-refractivity contribution in [3.05, 3.63) is 41.5 Å². The lowest BCUT2D eigenvalue weighted by Gasteiger charge is -2.30. The molecule has 142 valence electrons. The fourth-order valence-electron chi connectivity index (χ4n) is 3.45. The largest absolute Gasteiger partial charge is 0.468 e. The zero-order valence-electron chi connectivity index (χ0n) is 15.5. The summed E-state index contributed by atoms with van der Waals surface area (Å²) in [5, 5.41) is 8.89. The molecular weight excluding hydrogens is 346 g/mol. The lowest BCUT2D eigenvalue weighted by atomic mass is 9.73. The maximum Gasteiger partial charge on any atom is 0.320 e. The van der Waals surface area contributed by atoms with Gasteiger partial charge in [0.1, 0.15) is 5.78 Å². The normalized spacial score (nSPS) is 18.1. The average Bonchev–Trinajstić information content (AvgIpc) is 2.71. The predicted octanol–water partition coefficient (Wildman–Crippen LogP) is 2.91. The van der Waals surface area contributed by atoms with Crippen LogP contribution in [0, 0.1) is 29.1 Å². The van der Waals surface area contributed by atoms with E-state index in [1.165, 1.54) is 14.2 Å². The van der Waals surface area contributed by atoms with Crippen LogP contribution in [-0.4, -0.2) is 31.9 Å². The second kappa shape index (κ2) is 9.67. The first-order valence-electron chi connectivity index (χ1n) is 8.88. The topological polar surface area (TPSA) is 93.5 Å². The molecule has 6 heteroatoms. The van der Waals surface area contributed by atoms with Gasteiger partial charge in [-0.15, -0.1) is 0 Å². The number of rotatable bonds is 6. The van der Waals surface area contributed by atoms with Crippen molar-refractivity contribution in [2.24, 2.45) is 17.8 Å². The van der Waals surface area contributed by atoms with E-state index in [1.807, 2.05) is 6.07 Å². The van der Waals surface area contributed by atoms with E-state index in [0.29, 0.717) is 18.4 Å². The zero-order valence-corrected chi connectivity index (χ0v) is 15.5. The second-order valence-corrected chi connectivity index (χ2v) is 6.51. The molecule has 0 saturated heterocycles. The van der Waals surface area contributed by atoms with Crippen LogP contribution >= 0.6 is 0 Å². The minimum Gasteiger partial charge on any atom is -0.468 e. The fraction of sp³-hybridized carbons (Fsp3) is 0.429. The zero-order chi connectivity index (χ0) is 19.8. The van der Waals surface area contributed by atoms with Crippen LogP contribution in [-0.2, 0) is 23.9 Å². The molecule has 1 aromatic carbocycles. The smallest absolute Gasteiger partial charge is 0.320 e. The number of nitriles is 1. The molecule has 1 aromatic rings. The molecule has 0 radical (unpaired) electrons. The van der Waals surface area contributed by atoms with Crippen molar-refractivity contribution in [3.63, 3.8) is 0 Å². The number of benzene rings is 1. The first-order valence-corrected chi connectivity index (χ1v) is 8.88. The number of carbonyl (C=O) groups excluding carboxylic acids is 3. The van der Waals surface area contributed by atoms with Crippen molar-refractivity contribution in [1.82, 2.24) is 0 Å². The van der Waals surface area contributed by atoms with Gasteiger partial charge in [0.15, 0.2) is 5.92 Å². The summed E-state index contributed by atoms with van der Waals surface area (Å²) in [4.78, 5) is 37.1. The number of ether oxygens (including phenoxy) is 2. The number of hydrogen-bond acceptors (Lipinski definition) is 6. The van der Waals surface area contributed by atoms with Gasteiger partial charge < -0.3 is 9.47 Å². The number of hydrogen-bond donors (Lipinski definition) is 0. The number of carbonyl (C=O) groups is 3. The summed E-state index contributed by atoms with van der Waals surface area (Å²) in [6.07, 6.45) is 6.22. The van der Waals surface area contributed by atoms with Crippen LogP contribution in [0.5, 0.6) is 0 Å². The first kappa shape index (κ1) is 20.4. The number of esters is 2. The van der Waals surface area contributed by atoms with Gasteiger partial charge in [0.05, 0.1) is 25.9 Å². The number of allylic oxidation sites excluding steroid dienone is 1. The van der Waals surface area contributed by atoms with Crippen LogP contribution in [0.4, 0.5) is 0 Å². The summed E-state index contributed by atoms with van der Waals surface area (Å²) in [5.41, 5.74) is 1.34. The Bertz CT molecular complexity index is 744. The van der Waals surface area contributed by atoms with Crippen LogP contribution in [0.25, 0.3) is 6.08 Å². The van der Waals surface area contributed by atoms with Crippen LogP contribution in [0.3, 0.4) is 0 Å². The Kier molecular flexibility index (Phi) is 7.30. The van der Waals surface area contributed by atoms with E-state index < -0.39 is 29.7 Å². The van der Waals surface area contributed by atoms with Crippen LogP contribution in [0.2, 0.25) is 0 Å². The first-order chi connectivity index (χ1) is 13.0. The molecule has 1 fully saturated rings. The van der Waals surface area contributed by atoms with Crippen molar-refractivity contribution in [1.29, 1.82) is 5.26 Å². The van der Waals surface area contributed by atoms with Crippen molar-refractivity contribution >= 4 is 23.8 Å². The summed E-state index contributed by atoms with van der Waals surface area (Å²) in [6.45, 7) is 0. The Balaban J connectivity index is 2.39. The van der Waals surface area contributed by atoms with Gasteiger partial charge >= 0.3 is 11.9 Å². The monoisotopic (exact) mass is 369 g/mol. The third-order valence-electron chi connectivity index (χ3n) is 4.91. The van der Waals surface area contributed by atoms with Crippen molar-refractivity contribution < 1.29 is 23.9 Å². The van der Waals surface area contributed by atoms with Gasteiger partial charge in [0, 0.05) is 18.3 Å². The van der Waals surface area contributed by atoms with E-state index in [4.69, 9.17) is 14.7 Å². The SMILES string of the molecule is COC(=O)C(C(=O)OC)[C@@H](/C=C/c1ccc(C#N)cc1)[C@@H]1CCCCC1=O. The molecule has 27 heavy (non-hydrogen) atoms. The predicted molar refractivity (Wildman–Crippen MR) is 98.2 cm³/mol. The summed E-state index contributed by atoms with van der Waals surface area (Å²) >= 11 is 0. The summed E-state index contributed by atoms with van der Waals surface area (Å²) < 4.78 is 9.61. The third-order valence-corrected chi connectivity index (χ3v) is 4.91. The summed E-state index contributed by atoms with van der Waals surface area (Å²) in [5.74, 6) is -3.65. The lowest BCUT2D eigenvalue weighted by Crippen LogP contribution is -2.39. The van der Waals surface area contributed by atoms with Gasteiger partial charge in [0.25, 0.3) is 0 Å². The molecule has 0 bridgehead atoms. The van der Waals surface area contributed by atoms with E-state index in [2.05, 4.69) is 0 Å². The van der Waals surface area contributed by atoms with Gasteiger partial charge in [-0.1, -0.05) is 30.7 Å². The molecule has 1 saturated carbocycles. The highest BCUT2D eigenvalue weighted by Crippen LogP contribution is 2.34. The van der Waals surface area contributed by atoms with E-state index in [9.17, 15) is 14.4 Å². The molecule has 0 aliphatic heterocycles. The Hall–Kier alpha value is -2.94. The summed E-state index contributed by atoms with van der Waals surface area (Å²) in [7, 11) is 2.42. The molecule has 2 rings (SSSR count). The molecule has 0 unspecified atom stereocenters. The van der Waals surface area contributed by atoms with Crippen LogP contribution in [0.15, 0.2) is 30.3 Å². The summed E-state index contributed by atoms with van der Waals surface area (Å²) in [6, 6.07) is 8.93. The Morgan fingerprint density at radius 2 is 1.78 bits per heavy atom. The number of methoxy groups -OCH3 is 2.